The van der Waals surface area contributed by atoms with Crippen LogP contribution in [0.5, 0.6) is 5.75 Å². The Hall–Kier alpha value is -1.67. The summed E-state index contributed by atoms with van der Waals surface area (Å²) in [7, 11) is -4.08. The maximum Gasteiger partial charge on any atom is 0.307 e. The summed E-state index contributed by atoms with van der Waals surface area (Å²) >= 11 is 0. The molecule has 2 N–H and O–H groups in total. The summed E-state index contributed by atoms with van der Waals surface area (Å²) < 4.78 is 38.4. The minimum Gasteiger partial charge on any atom is -0.507 e. The molecule has 0 saturated carbocycles. The zero-order valence-electron chi connectivity index (χ0n) is 9.78. The lowest BCUT2D eigenvalue weighted by atomic mass is 10.1. The third-order valence-corrected chi connectivity index (χ3v) is 4.93. The number of rotatable bonds is 3. The van der Waals surface area contributed by atoms with Crippen molar-refractivity contribution in [2.24, 2.45) is 5.92 Å². The summed E-state index contributed by atoms with van der Waals surface area (Å²) in [6.07, 6.45) is 0.199. The van der Waals surface area contributed by atoms with E-state index in [1.54, 1.807) is 0 Å². The van der Waals surface area contributed by atoms with Crippen molar-refractivity contribution in [1.29, 1.82) is 0 Å². The Kier molecular flexibility index (Phi) is 3.46. The third-order valence-electron chi connectivity index (χ3n) is 3.04. The predicted molar refractivity (Wildman–Crippen MR) is 62.6 cm³/mol. The van der Waals surface area contributed by atoms with Crippen LogP contribution in [0, 0.1) is 11.7 Å². The molecule has 1 atom stereocenters. The van der Waals surface area contributed by atoms with E-state index in [0.717, 1.165) is 22.5 Å². The molecule has 1 aromatic rings. The highest BCUT2D eigenvalue weighted by Crippen LogP contribution is 2.30. The molecular weight excluding hydrogens is 277 g/mol. The van der Waals surface area contributed by atoms with Gasteiger partial charge >= 0.3 is 5.97 Å². The summed E-state index contributed by atoms with van der Waals surface area (Å²) in [5.41, 5.74) is 0. The number of carbonyl (C=O) groups is 1. The maximum absolute atomic E-state index is 13.1. The van der Waals surface area contributed by atoms with E-state index in [4.69, 9.17) is 5.11 Å². The van der Waals surface area contributed by atoms with Crippen molar-refractivity contribution in [1.82, 2.24) is 4.31 Å². The molecule has 1 fully saturated rings. The Labute approximate surface area is 109 Å². The lowest BCUT2D eigenvalue weighted by Crippen LogP contribution is -2.30. The Bertz CT molecular complexity index is 616. The van der Waals surface area contributed by atoms with Gasteiger partial charge in [-0.3, -0.25) is 4.79 Å². The van der Waals surface area contributed by atoms with Crippen molar-refractivity contribution >= 4 is 16.0 Å². The number of carboxylic acids is 1. The molecule has 0 aromatic heterocycles. The molecule has 6 nitrogen and oxygen atoms in total. The molecule has 8 heteroatoms. The fraction of sp³-hybridized carbons (Fsp3) is 0.364. The molecule has 2 rings (SSSR count). The van der Waals surface area contributed by atoms with Gasteiger partial charge in [-0.15, -0.1) is 0 Å². The van der Waals surface area contributed by atoms with Crippen molar-refractivity contribution in [2.45, 2.75) is 11.3 Å². The molecule has 0 spiro atoms. The van der Waals surface area contributed by atoms with Crippen molar-refractivity contribution < 1.29 is 27.8 Å². The lowest BCUT2D eigenvalue weighted by molar-refractivity contribution is -0.141. The SMILES string of the molecule is O=C(O)C1CCN(S(=O)(=O)c2cc(F)ccc2O)C1. The van der Waals surface area contributed by atoms with Crippen LogP contribution in [0.25, 0.3) is 0 Å². The highest BCUT2D eigenvalue weighted by atomic mass is 32.2. The van der Waals surface area contributed by atoms with E-state index in [0.29, 0.717) is 0 Å². The maximum atomic E-state index is 13.1. The van der Waals surface area contributed by atoms with E-state index in [1.807, 2.05) is 0 Å². The first-order chi connectivity index (χ1) is 8.82. The zero-order valence-corrected chi connectivity index (χ0v) is 10.6. The first-order valence-electron chi connectivity index (χ1n) is 5.54. The smallest absolute Gasteiger partial charge is 0.307 e. The fourth-order valence-electron chi connectivity index (χ4n) is 1.98. The number of aliphatic carboxylic acids is 1. The highest BCUT2D eigenvalue weighted by Gasteiger charge is 2.37. The summed E-state index contributed by atoms with van der Waals surface area (Å²) in [4.78, 5) is 10.3. The van der Waals surface area contributed by atoms with Gasteiger partial charge in [-0.05, 0) is 24.6 Å². The molecule has 0 aliphatic carbocycles. The Morgan fingerprint density at radius 3 is 2.68 bits per heavy atom. The second kappa shape index (κ2) is 4.78. The van der Waals surface area contributed by atoms with Crippen LogP contribution in [-0.2, 0) is 14.8 Å². The number of carboxylic acid groups (broad SMARTS) is 1. The van der Waals surface area contributed by atoms with Crippen LogP contribution in [0.3, 0.4) is 0 Å². The van der Waals surface area contributed by atoms with Crippen LogP contribution in [-0.4, -0.2) is 42.0 Å². The number of sulfonamides is 1. The van der Waals surface area contributed by atoms with E-state index in [9.17, 15) is 22.7 Å². The second-order valence-corrected chi connectivity index (χ2v) is 6.21. The molecule has 1 aromatic carbocycles. The molecule has 0 amide bonds. The van der Waals surface area contributed by atoms with Gasteiger partial charge in [0.25, 0.3) is 0 Å². The van der Waals surface area contributed by atoms with E-state index in [1.165, 1.54) is 0 Å². The minimum absolute atomic E-state index is 0.0370. The Balaban J connectivity index is 2.33. The van der Waals surface area contributed by atoms with E-state index in [2.05, 4.69) is 0 Å². The van der Waals surface area contributed by atoms with Gasteiger partial charge < -0.3 is 10.2 Å². The number of aromatic hydroxyl groups is 1. The number of hydrogen-bond acceptors (Lipinski definition) is 4. The van der Waals surface area contributed by atoms with Gasteiger partial charge in [0.05, 0.1) is 5.92 Å². The van der Waals surface area contributed by atoms with Crippen LogP contribution < -0.4 is 0 Å². The molecule has 1 aliphatic heterocycles. The van der Waals surface area contributed by atoms with Gasteiger partial charge in [0.2, 0.25) is 10.0 Å². The molecule has 1 heterocycles. The normalized spacial score (nSPS) is 20.6. The van der Waals surface area contributed by atoms with E-state index >= 15 is 0 Å². The van der Waals surface area contributed by atoms with Crippen molar-refractivity contribution in [3.63, 3.8) is 0 Å². The molecule has 1 saturated heterocycles. The average Bonchev–Trinajstić information content (AvgIpc) is 2.82. The van der Waals surface area contributed by atoms with Crippen LogP contribution in [0.4, 0.5) is 4.39 Å². The van der Waals surface area contributed by atoms with Gasteiger partial charge in [-0.2, -0.15) is 4.31 Å². The summed E-state index contributed by atoms with van der Waals surface area (Å²) in [5, 5.41) is 18.4. The van der Waals surface area contributed by atoms with E-state index < -0.39 is 38.4 Å². The zero-order chi connectivity index (χ0) is 14.2. The molecule has 104 valence electrons. The van der Waals surface area contributed by atoms with Crippen LogP contribution >= 0.6 is 0 Å². The Morgan fingerprint density at radius 2 is 2.11 bits per heavy atom. The van der Waals surface area contributed by atoms with Gasteiger partial charge in [-0.1, -0.05) is 0 Å². The molecule has 1 aliphatic rings. The van der Waals surface area contributed by atoms with Gasteiger partial charge in [0.15, 0.2) is 0 Å². The van der Waals surface area contributed by atoms with Gasteiger partial charge in [-0.25, -0.2) is 12.8 Å². The number of hydrogen-bond donors (Lipinski definition) is 2. The van der Waals surface area contributed by atoms with Gasteiger partial charge in [0, 0.05) is 13.1 Å². The largest absolute Gasteiger partial charge is 0.507 e. The summed E-state index contributed by atoms with van der Waals surface area (Å²) in [6.45, 7) is -0.136. The molecular formula is C11H12FNO5S. The molecule has 0 radical (unpaired) electrons. The predicted octanol–water partition coefficient (Wildman–Crippen LogP) is 0.626. The number of halogens is 1. The monoisotopic (exact) mass is 289 g/mol. The number of nitrogens with zero attached hydrogens (tertiary/aromatic N) is 1. The highest BCUT2D eigenvalue weighted by molar-refractivity contribution is 7.89. The van der Waals surface area contributed by atoms with Crippen molar-refractivity contribution in [3.8, 4) is 5.75 Å². The van der Waals surface area contributed by atoms with Crippen molar-refractivity contribution in [3.05, 3.63) is 24.0 Å². The second-order valence-electron chi connectivity index (χ2n) is 4.30. The van der Waals surface area contributed by atoms with Crippen LogP contribution in [0.15, 0.2) is 23.1 Å². The Morgan fingerprint density at radius 1 is 1.42 bits per heavy atom. The standard InChI is InChI=1S/C11H12FNO5S/c12-8-1-2-9(14)10(5-8)19(17,18)13-4-3-7(6-13)11(15)16/h1-2,5,7,14H,3-4,6H2,(H,15,16). The molecule has 19 heavy (non-hydrogen) atoms. The number of phenolic OH excluding ortho intramolecular Hbond substituents is 1. The number of benzene rings is 1. The number of phenols is 1. The fourth-order valence-corrected chi connectivity index (χ4v) is 3.58. The quantitative estimate of drug-likeness (QED) is 0.851. The van der Waals surface area contributed by atoms with E-state index in [-0.39, 0.29) is 19.5 Å². The third kappa shape index (κ3) is 2.54. The first kappa shape index (κ1) is 13.8. The first-order valence-corrected chi connectivity index (χ1v) is 6.98. The molecule has 1 unspecified atom stereocenters. The van der Waals surface area contributed by atoms with Crippen molar-refractivity contribution in [2.75, 3.05) is 13.1 Å². The average molecular weight is 289 g/mol. The lowest BCUT2D eigenvalue weighted by Gasteiger charge is -2.16. The topological polar surface area (TPSA) is 94.9 Å². The molecule has 0 bridgehead atoms. The minimum atomic E-state index is -4.08. The van der Waals surface area contributed by atoms with Crippen LogP contribution in [0.1, 0.15) is 6.42 Å². The summed E-state index contributed by atoms with van der Waals surface area (Å²) in [5.74, 6) is -3.18. The van der Waals surface area contributed by atoms with Gasteiger partial charge in [0.1, 0.15) is 16.5 Å². The summed E-state index contributed by atoms with van der Waals surface area (Å²) in [6, 6.07) is 2.62. The van der Waals surface area contributed by atoms with Crippen LogP contribution in [0.2, 0.25) is 0 Å².